The number of nitrogen functional groups attached to an aromatic ring is 1. The van der Waals surface area contributed by atoms with Crippen LogP contribution in [0.1, 0.15) is 38.2 Å². The van der Waals surface area contributed by atoms with Crippen LogP contribution in [-0.2, 0) is 19.2 Å². The van der Waals surface area contributed by atoms with Crippen LogP contribution < -0.4 is 27.4 Å². The summed E-state index contributed by atoms with van der Waals surface area (Å²) >= 11 is 0. The van der Waals surface area contributed by atoms with Gasteiger partial charge >= 0.3 is 5.97 Å². The topological polar surface area (TPSA) is 272 Å². The summed E-state index contributed by atoms with van der Waals surface area (Å²) in [5, 5.41) is 37.2. The molecule has 1 fully saturated rings. The lowest BCUT2D eigenvalue weighted by Gasteiger charge is -2.34. The van der Waals surface area contributed by atoms with Crippen molar-refractivity contribution in [3.8, 4) is 0 Å². The smallest absolute Gasteiger partial charge is 0.326 e. The number of hydrogen-bond donors (Lipinski definition) is 7. The highest BCUT2D eigenvalue weighted by Gasteiger charge is 2.40. The van der Waals surface area contributed by atoms with E-state index in [9.17, 15) is 29.6 Å². The Labute approximate surface area is 254 Å². The fraction of sp³-hybridized carbons (Fsp3) is 0.393. The van der Waals surface area contributed by atoms with Crippen molar-refractivity contribution in [2.24, 2.45) is 11.5 Å². The van der Waals surface area contributed by atoms with E-state index in [-0.39, 0.29) is 30.5 Å². The standard InChI is InChI=1S/C20H30N6O4.C6H6N2O2.C2H4O2/c1-13-6-8-14(9-7-13)26(16(19(29)30)4-2-10-24-20(22)23)18(28)15-5-3-11-25(15)17(27)12-21;7-5-1-3-6(4-2-5)8(9)10;1-2(3)4/h6-9,15-16H,2-5,10-12,21H2,1H3,(H,29,30)(H4,22,23,24);1-4H,7H2;1H3,(H,3,4)/t15-,16-;;/m0../s1. The van der Waals surface area contributed by atoms with Gasteiger partial charge in [0.2, 0.25) is 5.91 Å². The van der Waals surface area contributed by atoms with Crippen LogP contribution in [0.3, 0.4) is 0 Å². The lowest BCUT2D eigenvalue weighted by atomic mass is 10.0. The van der Waals surface area contributed by atoms with E-state index in [1.807, 2.05) is 19.1 Å². The average molecular weight is 617 g/mol. The van der Waals surface area contributed by atoms with Gasteiger partial charge in [0.15, 0.2) is 5.96 Å². The fourth-order valence-corrected chi connectivity index (χ4v) is 4.24. The summed E-state index contributed by atoms with van der Waals surface area (Å²) < 4.78 is 0. The lowest BCUT2D eigenvalue weighted by molar-refractivity contribution is -0.384. The van der Waals surface area contributed by atoms with Crippen LogP contribution >= 0.6 is 0 Å². The fourth-order valence-electron chi connectivity index (χ4n) is 4.24. The third-order valence-electron chi connectivity index (χ3n) is 6.25. The van der Waals surface area contributed by atoms with Gasteiger partial charge in [0.1, 0.15) is 12.1 Å². The molecule has 2 aromatic carbocycles. The van der Waals surface area contributed by atoms with Crippen molar-refractivity contribution in [2.75, 3.05) is 30.3 Å². The lowest BCUT2D eigenvalue weighted by Crippen LogP contribution is -2.54. The van der Waals surface area contributed by atoms with Crippen LogP contribution in [0.15, 0.2) is 48.5 Å². The summed E-state index contributed by atoms with van der Waals surface area (Å²) in [6.45, 7) is 3.52. The minimum Gasteiger partial charge on any atom is -0.481 e. The number of amides is 2. The molecular formula is C28H40N8O8. The minimum atomic E-state index is -1.14. The Balaban J connectivity index is 0.000000568. The third-order valence-corrected chi connectivity index (χ3v) is 6.25. The maximum absolute atomic E-state index is 13.5. The number of carboxylic acid groups (broad SMARTS) is 2. The van der Waals surface area contributed by atoms with Crippen LogP contribution in [0.2, 0.25) is 0 Å². The van der Waals surface area contributed by atoms with Crippen LogP contribution in [0.25, 0.3) is 0 Å². The van der Waals surface area contributed by atoms with Crippen LogP contribution in [-0.4, -0.2) is 81.5 Å². The summed E-state index contributed by atoms with van der Waals surface area (Å²) in [5.41, 5.74) is 18.1. The molecule has 1 aliphatic heterocycles. The Morgan fingerprint density at radius 1 is 1.14 bits per heavy atom. The number of carboxylic acids is 2. The molecule has 0 aromatic heterocycles. The number of nitrogens with two attached hydrogens (primary N) is 3. The molecule has 1 heterocycles. The van der Waals surface area contributed by atoms with Crippen molar-refractivity contribution in [1.82, 2.24) is 10.2 Å². The molecule has 1 saturated heterocycles. The number of aryl methyl sites for hydroxylation is 1. The number of guanidine groups is 1. The number of anilines is 2. The molecule has 16 heteroatoms. The molecule has 2 amide bonds. The zero-order chi connectivity index (χ0) is 33.4. The van der Waals surface area contributed by atoms with E-state index in [1.165, 1.54) is 34.1 Å². The van der Waals surface area contributed by atoms with Crippen molar-refractivity contribution in [3.63, 3.8) is 0 Å². The van der Waals surface area contributed by atoms with Gasteiger partial charge in [-0.05, 0) is 56.9 Å². The number of likely N-dealkylation sites (tertiary alicyclic amines) is 1. The highest BCUT2D eigenvalue weighted by molar-refractivity contribution is 6.03. The van der Waals surface area contributed by atoms with Gasteiger partial charge in [-0.2, -0.15) is 0 Å². The number of carbonyl (C=O) groups excluding carboxylic acids is 2. The largest absolute Gasteiger partial charge is 0.481 e. The Morgan fingerprint density at radius 2 is 1.70 bits per heavy atom. The monoisotopic (exact) mass is 616 g/mol. The number of non-ortho nitro benzene ring substituents is 1. The van der Waals surface area contributed by atoms with Crippen molar-refractivity contribution < 1.29 is 34.3 Å². The number of rotatable bonds is 10. The molecule has 2 aromatic rings. The molecule has 0 saturated carbocycles. The molecule has 0 unspecified atom stereocenters. The summed E-state index contributed by atoms with van der Waals surface area (Å²) in [7, 11) is 0. The molecule has 240 valence electrons. The van der Waals surface area contributed by atoms with E-state index in [2.05, 4.69) is 5.32 Å². The van der Waals surface area contributed by atoms with E-state index in [0.29, 0.717) is 43.7 Å². The minimum absolute atomic E-state index is 0.0641. The van der Waals surface area contributed by atoms with E-state index < -0.39 is 34.9 Å². The third kappa shape index (κ3) is 12.3. The number of aliphatic carboxylic acids is 2. The average Bonchev–Trinajstić information content (AvgIpc) is 3.45. The normalized spacial score (nSPS) is 14.1. The summed E-state index contributed by atoms with van der Waals surface area (Å²) in [4.78, 5) is 59.2. The molecule has 2 atom stereocenters. The number of nitrogens with zero attached hydrogens (tertiary/aromatic N) is 3. The van der Waals surface area contributed by atoms with Gasteiger partial charge in [0.25, 0.3) is 17.6 Å². The predicted molar refractivity (Wildman–Crippen MR) is 164 cm³/mol. The second-order valence-electron chi connectivity index (χ2n) is 9.70. The number of benzene rings is 2. The highest BCUT2D eigenvalue weighted by atomic mass is 16.6. The highest BCUT2D eigenvalue weighted by Crippen LogP contribution is 2.27. The van der Waals surface area contributed by atoms with E-state index >= 15 is 0 Å². The first-order valence-electron chi connectivity index (χ1n) is 13.6. The maximum Gasteiger partial charge on any atom is 0.326 e. The maximum atomic E-state index is 13.5. The zero-order valence-corrected chi connectivity index (χ0v) is 24.6. The number of nitrogens with one attached hydrogen (secondary N) is 2. The van der Waals surface area contributed by atoms with Crippen molar-refractivity contribution in [1.29, 1.82) is 5.41 Å². The molecule has 0 radical (unpaired) electrons. The number of hydrogen-bond acceptors (Lipinski definition) is 9. The summed E-state index contributed by atoms with van der Waals surface area (Å²) in [5.74, 6) is -2.92. The molecule has 1 aliphatic rings. The Kier molecular flexibility index (Phi) is 15.3. The van der Waals surface area contributed by atoms with Gasteiger partial charge in [-0.1, -0.05) is 17.7 Å². The molecule has 16 nitrogen and oxygen atoms in total. The van der Waals surface area contributed by atoms with Crippen molar-refractivity contribution in [2.45, 2.75) is 51.6 Å². The van der Waals surface area contributed by atoms with Gasteiger partial charge in [-0.3, -0.25) is 34.8 Å². The summed E-state index contributed by atoms with van der Waals surface area (Å²) in [6, 6.07) is 10.9. The molecule has 10 N–H and O–H groups in total. The Morgan fingerprint density at radius 3 is 2.18 bits per heavy atom. The quantitative estimate of drug-likeness (QED) is 0.0496. The molecule has 44 heavy (non-hydrogen) atoms. The number of nitro benzene ring substituents is 1. The number of nitro groups is 1. The van der Waals surface area contributed by atoms with Crippen LogP contribution in [0.5, 0.6) is 0 Å². The van der Waals surface area contributed by atoms with Gasteiger partial charge in [-0.25, -0.2) is 4.79 Å². The van der Waals surface area contributed by atoms with Crippen molar-refractivity contribution in [3.05, 3.63) is 64.2 Å². The Hall–Kier alpha value is -5.25. The first-order chi connectivity index (χ1) is 20.7. The van der Waals surface area contributed by atoms with Crippen LogP contribution in [0, 0.1) is 22.4 Å². The second-order valence-corrected chi connectivity index (χ2v) is 9.70. The molecule has 0 spiro atoms. The molecule has 0 aliphatic carbocycles. The van der Waals surface area contributed by atoms with Gasteiger partial charge < -0.3 is 37.6 Å². The molecule has 0 bridgehead atoms. The van der Waals surface area contributed by atoms with Crippen molar-refractivity contribution >= 4 is 46.8 Å². The van der Waals surface area contributed by atoms with E-state index in [0.717, 1.165) is 12.5 Å². The molecular weight excluding hydrogens is 576 g/mol. The summed E-state index contributed by atoms with van der Waals surface area (Å²) in [6.07, 6.45) is 1.67. The van der Waals surface area contributed by atoms with Gasteiger partial charge in [-0.15, -0.1) is 0 Å². The second kappa shape index (κ2) is 18.3. The predicted octanol–water partition coefficient (Wildman–Crippen LogP) is 1.26. The van der Waals surface area contributed by atoms with Gasteiger partial charge in [0.05, 0.1) is 11.5 Å². The zero-order valence-electron chi connectivity index (χ0n) is 24.6. The van der Waals surface area contributed by atoms with E-state index in [1.54, 1.807) is 12.1 Å². The van der Waals surface area contributed by atoms with Gasteiger partial charge in [0, 0.05) is 43.5 Å². The van der Waals surface area contributed by atoms with E-state index in [4.69, 9.17) is 32.5 Å². The SMILES string of the molecule is CC(=O)O.Cc1ccc(N(C(=O)[C@@H]2CCCN2C(=O)CN)[C@@H](CCCNC(=N)N)C(=O)O)cc1.Nc1ccc([N+](=O)[O-])cc1. The Bertz CT molecular complexity index is 1280. The first-order valence-corrected chi connectivity index (χ1v) is 13.6. The van der Waals surface area contributed by atoms with Crippen LogP contribution in [0.4, 0.5) is 17.1 Å². The number of carbonyl (C=O) groups is 4. The molecule has 3 rings (SSSR count). The first kappa shape index (κ1) is 36.8.